The van der Waals surface area contributed by atoms with Crippen LogP contribution in [-0.2, 0) is 11.3 Å². The Morgan fingerprint density at radius 1 is 1.14 bits per heavy atom. The zero-order chi connectivity index (χ0) is 16.2. The molecule has 5 nitrogen and oxygen atoms in total. The predicted molar refractivity (Wildman–Crippen MR) is 95.1 cm³/mol. The number of carbonyl (C=O) groups excluding carboxylic acids is 1. The molecule has 1 amide bonds. The molecule has 2 rings (SSSR count). The summed E-state index contributed by atoms with van der Waals surface area (Å²) in [6, 6.07) is 11.3. The summed E-state index contributed by atoms with van der Waals surface area (Å²) in [6.45, 7) is 6.10. The molecule has 0 unspecified atom stereocenters. The van der Waals surface area contributed by atoms with Crippen LogP contribution in [0.2, 0.25) is 0 Å². The number of furan rings is 1. The van der Waals surface area contributed by atoms with Crippen molar-refractivity contribution in [3.8, 4) is 0 Å². The molecule has 0 saturated heterocycles. The molecule has 1 aromatic heterocycles. The predicted octanol–water partition coefficient (Wildman–Crippen LogP) is 4.84. The van der Waals surface area contributed by atoms with Crippen molar-refractivity contribution in [1.82, 2.24) is 0 Å². The summed E-state index contributed by atoms with van der Waals surface area (Å²) in [4.78, 5) is 11.7. The quantitative estimate of drug-likeness (QED) is 0.703. The zero-order valence-corrected chi connectivity index (χ0v) is 14.9. The van der Waals surface area contributed by atoms with E-state index in [1.165, 1.54) is 0 Å². The molecule has 0 saturated carbocycles. The minimum atomic E-state index is -0.508. The summed E-state index contributed by atoms with van der Waals surface area (Å²) < 4.78 is 11.5. The second kappa shape index (κ2) is 7.04. The number of hydrogen-bond acceptors (Lipinski definition) is 4. The van der Waals surface area contributed by atoms with Crippen LogP contribution in [0, 0.1) is 3.77 Å². The van der Waals surface area contributed by atoms with Crippen molar-refractivity contribution in [2.75, 3.05) is 10.6 Å². The molecule has 0 fully saturated rings. The summed E-state index contributed by atoms with van der Waals surface area (Å²) in [5, 5.41) is 5.95. The lowest BCUT2D eigenvalue weighted by molar-refractivity contribution is 0.0636. The van der Waals surface area contributed by atoms with Crippen LogP contribution in [0.5, 0.6) is 0 Å². The Morgan fingerprint density at radius 2 is 1.77 bits per heavy atom. The summed E-state index contributed by atoms with van der Waals surface area (Å²) in [5.74, 6) is 0.875. The summed E-state index contributed by atoms with van der Waals surface area (Å²) in [7, 11) is 0. The number of rotatable bonds is 4. The van der Waals surface area contributed by atoms with E-state index in [2.05, 4.69) is 33.2 Å². The first-order valence-corrected chi connectivity index (χ1v) is 7.98. The highest BCUT2D eigenvalue weighted by molar-refractivity contribution is 14.1. The number of amides is 1. The van der Waals surface area contributed by atoms with Crippen LogP contribution in [0.4, 0.5) is 16.2 Å². The molecule has 0 bridgehead atoms. The van der Waals surface area contributed by atoms with Crippen molar-refractivity contribution in [2.24, 2.45) is 0 Å². The first-order valence-electron chi connectivity index (χ1n) is 6.90. The van der Waals surface area contributed by atoms with Crippen LogP contribution in [0.25, 0.3) is 0 Å². The van der Waals surface area contributed by atoms with Crippen molar-refractivity contribution >= 4 is 40.1 Å². The second-order valence-corrected chi connectivity index (χ2v) is 6.83. The number of anilines is 2. The van der Waals surface area contributed by atoms with Gasteiger partial charge in [0.1, 0.15) is 11.4 Å². The fourth-order valence-corrected chi connectivity index (χ4v) is 2.19. The normalized spacial score (nSPS) is 11.1. The molecule has 2 aromatic rings. The molecule has 0 aliphatic rings. The van der Waals surface area contributed by atoms with E-state index in [0.717, 1.165) is 15.2 Å². The Morgan fingerprint density at radius 3 is 2.32 bits per heavy atom. The molecule has 1 aromatic carbocycles. The monoisotopic (exact) mass is 414 g/mol. The van der Waals surface area contributed by atoms with E-state index in [4.69, 9.17) is 9.15 Å². The average Bonchev–Trinajstić information content (AvgIpc) is 2.81. The Hall–Kier alpha value is -1.70. The maximum absolute atomic E-state index is 11.7. The van der Waals surface area contributed by atoms with Crippen LogP contribution in [0.1, 0.15) is 26.5 Å². The van der Waals surface area contributed by atoms with Crippen LogP contribution < -0.4 is 10.6 Å². The lowest BCUT2D eigenvalue weighted by atomic mass is 10.2. The molecule has 6 heteroatoms. The first-order chi connectivity index (χ1) is 10.3. The first kappa shape index (κ1) is 16.7. The van der Waals surface area contributed by atoms with Crippen molar-refractivity contribution in [3.05, 3.63) is 45.9 Å². The highest BCUT2D eigenvalue weighted by Gasteiger charge is 2.16. The van der Waals surface area contributed by atoms with E-state index in [0.29, 0.717) is 12.2 Å². The number of hydrogen-bond donors (Lipinski definition) is 2. The molecule has 0 aliphatic heterocycles. The maximum atomic E-state index is 11.7. The topological polar surface area (TPSA) is 63.5 Å². The van der Waals surface area contributed by atoms with Gasteiger partial charge in [-0.3, -0.25) is 5.32 Å². The van der Waals surface area contributed by atoms with Crippen LogP contribution in [0.15, 0.2) is 40.8 Å². The summed E-state index contributed by atoms with van der Waals surface area (Å²) in [6.07, 6.45) is -0.460. The average molecular weight is 414 g/mol. The third-order valence-corrected chi connectivity index (χ3v) is 3.21. The van der Waals surface area contributed by atoms with Crippen LogP contribution >= 0.6 is 22.6 Å². The molecular formula is C16H19IN2O3. The summed E-state index contributed by atoms with van der Waals surface area (Å²) in [5.41, 5.74) is 1.13. The number of benzene rings is 1. The largest absolute Gasteiger partial charge is 0.454 e. The fraction of sp³-hybridized carbons (Fsp3) is 0.312. The molecule has 0 radical (unpaired) electrons. The van der Waals surface area contributed by atoms with E-state index in [-0.39, 0.29) is 0 Å². The molecule has 0 spiro atoms. The van der Waals surface area contributed by atoms with Gasteiger partial charge in [0.05, 0.1) is 6.54 Å². The van der Waals surface area contributed by atoms with E-state index < -0.39 is 11.7 Å². The van der Waals surface area contributed by atoms with Gasteiger partial charge in [-0.2, -0.15) is 0 Å². The number of ether oxygens (including phenoxy) is 1. The van der Waals surface area contributed by atoms with Gasteiger partial charge in [0.25, 0.3) is 0 Å². The molecule has 22 heavy (non-hydrogen) atoms. The molecule has 1 heterocycles. The van der Waals surface area contributed by atoms with Crippen LogP contribution in [-0.4, -0.2) is 11.7 Å². The standard InChI is InChI=1S/C16H19IN2O3/c1-16(2,3)22-15(20)19-12-6-4-11(5-7-12)18-10-13-8-9-14(17)21-13/h4-9,18H,10H2,1-3H3,(H,19,20). The highest BCUT2D eigenvalue weighted by atomic mass is 127. The van der Waals surface area contributed by atoms with Gasteiger partial charge in [-0.25, -0.2) is 4.79 Å². The fourth-order valence-electron chi connectivity index (χ4n) is 1.73. The minimum Gasteiger partial charge on any atom is -0.454 e. The maximum Gasteiger partial charge on any atom is 0.412 e. The van der Waals surface area contributed by atoms with Crippen molar-refractivity contribution < 1.29 is 13.9 Å². The van der Waals surface area contributed by atoms with Crippen molar-refractivity contribution in [2.45, 2.75) is 32.9 Å². The highest BCUT2D eigenvalue weighted by Crippen LogP contribution is 2.17. The van der Waals surface area contributed by atoms with Crippen LogP contribution in [0.3, 0.4) is 0 Å². The van der Waals surface area contributed by atoms with Gasteiger partial charge in [0, 0.05) is 11.4 Å². The summed E-state index contributed by atoms with van der Waals surface area (Å²) >= 11 is 2.13. The smallest absolute Gasteiger partial charge is 0.412 e. The van der Waals surface area contributed by atoms with E-state index in [1.807, 2.05) is 57.2 Å². The molecule has 2 N–H and O–H groups in total. The molecule has 118 valence electrons. The SMILES string of the molecule is CC(C)(C)OC(=O)Nc1ccc(NCc2ccc(I)o2)cc1. The molecular weight excluding hydrogens is 395 g/mol. The van der Waals surface area contributed by atoms with E-state index >= 15 is 0 Å². The number of nitrogens with one attached hydrogen (secondary N) is 2. The second-order valence-electron chi connectivity index (χ2n) is 5.76. The van der Waals surface area contributed by atoms with Gasteiger partial charge >= 0.3 is 6.09 Å². The van der Waals surface area contributed by atoms with Gasteiger partial charge in [-0.1, -0.05) is 0 Å². The Bertz CT molecular complexity index is 630. The van der Waals surface area contributed by atoms with Gasteiger partial charge < -0.3 is 14.5 Å². The van der Waals surface area contributed by atoms with Gasteiger partial charge in [0.2, 0.25) is 0 Å². The van der Waals surface area contributed by atoms with E-state index in [9.17, 15) is 4.79 Å². The zero-order valence-electron chi connectivity index (χ0n) is 12.8. The van der Waals surface area contributed by atoms with Gasteiger partial charge in [-0.15, -0.1) is 0 Å². The van der Waals surface area contributed by atoms with Crippen molar-refractivity contribution in [3.63, 3.8) is 0 Å². The Kier molecular flexibility index (Phi) is 5.33. The third-order valence-electron chi connectivity index (χ3n) is 2.63. The Balaban J connectivity index is 1.86. The van der Waals surface area contributed by atoms with E-state index in [1.54, 1.807) is 0 Å². The Labute approximate surface area is 143 Å². The van der Waals surface area contributed by atoms with Crippen molar-refractivity contribution in [1.29, 1.82) is 0 Å². The number of halogens is 1. The lowest BCUT2D eigenvalue weighted by Crippen LogP contribution is -2.27. The molecule has 0 aliphatic carbocycles. The number of carbonyl (C=O) groups is 1. The van der Waals surface area contributed by atoms with Gasteiger partial charge in [0.15, 0.2) is 3.77 Å². The lowest BCUT2D eigenvalue weighted by Gasteiger charge is -2.19. The van der Waals surface area contributed by atoms with Gasteiger partial charge in [-0.05, 0) is 79.8 Å². The molecule has 0 atom stereocenters. The minimum absolute atomic E-state index is 0.460. The third kappa shape index (κ3) is 5.59.